The van der Waals surface area contributed by atoms with E-state index in [1.165, 1.54) is 11.1 Å². The smallest absolute Gasteiger partial charge is 0.0528 e. The highest BCUT2D eigenvalue weighted by molar-refractivity contribution is 5.40. The van der Waals surface area contributed by atoms with Crippen LogP contribution in [0, 0.1) is 0 Å². The predicted molar refractivity (Wildman–Crippen MR) is 58.5 cm³/mol. The highest BCUT2D eigenvalue weighted by Gasteiger charge is 2.44. The van der Waals surface area contributed by atoms with Crippen LogP contribution in [-0.2, 0) is 5.41 Å². The lowest BCUT2D eigenvalue weighted by Gasteiger charge is -2.19. The molecule has 1 nitrogen and oxygen atoms in total. The van der Waals surface area contributed by atoms with E-state index in [2.05, 4.69) is 38.1 Å². The van der Waals surface area contributed by atoms with Gasteiger partial charge in [0, 0.05) is 5.41 Å². The van der Waals surface area contributed by atoms with E-state index in [4.69, 9.17) is 0 Å². The summed E-state index contributed by atoms with van der Waals surface area (Å²) in [6.45, 7) is 4.73. The van der Waals surface area contributed by atoms with Gasteiger partial charge in [0.1, 0.15) is 0 Å². The van der Waals surface area contributed by atoms with Crippen LogP contribution >= 0.6 is 0 Å². The molecule has 14 heavy (non-hydrogen) atoms. The molecule has 0 saturated heterocycles. The van der Waals surface area contributed by atoms with Crippen LogP contribution in [0.5, 0.6) is 0 Å². The SMILES string of the molecule is CC(C)c1ccccc1C1(CO)CC1. The number of rotatable bonds is 3. The molecule has 0 aliphatic heterocycles. The highest BCUT2D eigenvalue weighted by Crippen LogP contribution is 2.49. The van der Waals surface area contributed by atoms with Gasteiger partial charge in [0.2, 0.25) is 0 Å². The number of aliphatic hydroxyl groups excluding tert-OH is 1. The van der Waals surface area contributed by atoms with E-state index in [-0.39, 0.29) is 5.41 Å². The molecule has 76 valence electrons. The van der Waals surface area contributed by atoms with E-state index in [1.54, 1.807) is 0 Å². The first-order valence-electron chi connectivity index (χ1n) is 5.40. The van der Waals surface area contributed by atoms with Crippen LogP contribution in [0.4, 0.5) is 0 Å². The average molecular weight is 190 g/mol. The standard InChI is InChI=1S/C13H18O/c1-10(2)11-5-3-4-6-12(11)13(9-14)7-8-13/h3-6,10,14H,7-9H2,1-2H3. The second-order valence-electron chi connectivity index (χ2n) is 4.68. The van der Waals surface area contributed by atoms with Gasteiger partial charge in [-0.05, 0) is 29.9 Å². The Bertz CT molecular complexity index is 324. The lowest BCUT2D eigenvalue weighted by atomic mass is 9.87. The molecule has 0 amide bonds. The Kier molecular flexibility index (Phi) is 2.36. The van der Waals surface area contributed by atoms with Crippen LogP contribution in [0.1, 0.15) is 43.7 Å². The minimum atomic E-state index is 0.112. The molecule has 0 atom stereocenters. The fraction of sp³-hybridized carbons (Fsp3) is 0.538. The third-order valence-electron chi connectivity index (χ3n) is 3.31. The molecule has 1 aromatic carbocycles. The molecule has 0 spiro atoms. The molecule has 1 saturated carbocycles. The first-order chi connectivity index (χ1) is 6.69. The third-order valence-corrected chi connectivity index (χ3v) is 3.31. The van der Waals surface area contributed by atoms with Crippen molar-refractivity contribution in [2.24, 2.45) is 0 Å². The molecule has 1 aromatic rings. The molecule has 1 N–H and O–H groups in total. The van der Waals surface area contributed by atoms with Crippen molar-refractivity contribution in [1.29, 1.82) is 0 Å². The van der Waals surface area contributed by atoms with Crippen molar-refractivity contribution in [1.82, 2.24) is 0 Å². The maximum atomic E-state index is 9.42. The van der Waals surface area contributed by atoms with Gasteiger partial charge in [-0.25, -0.2) is 0 Å². The number of hydrogen-bond donors (Lipinski definition) is 1. The molecular formula is C13H18O. The molecule has 1 heteroatoms. The quantitative estimate of drug-likeness (QED) is 0.777. The summed E-state index contributed by atoms with van der Waals surface area (Å²) < 4.78 is 0. The van der Waals surface area contributed by atoms with Gasteiger partial charge in [0.25, 0.3) is 0 Å². The molecule has 1 fully saturated rings. The topological polar surface area (TPSA) is 20.2 Å². The number of benzene rings is 1. The van der Waals surface area contributed by atoms with Gasteiger partial charge in [-0.3, -0.25) is 0 Å². The third kappa shape index (κ3) is 1.46. The van der Waals surface area contributed by atoms with Crippen LogP contribution in [0.2, 0.25) is 0 Å². The molecular weight excluding hydrogens is 172 g/mol. The average Bonchev–Trinajstić information content (AvgIpc) is 2.98. The van der Waals surface area contributed by atoms with Gasteiger partial charge in [0.05, 0.1) is 6.61 Å². The molecule has 0 heterocycles. The summed E-state index contributed by atoms with van der Waals surface area (Å²) >= 11 is 0. The van der Waals surface area contributed by atoms with Crippen molar-refractivity contribution in [3.63, 3.8) is 0 Å². The zero-order valence-corrected chi connectivity index (χ0v) is 8.96. The monoisotopic (exact) mass is 190 g/mol. The lowest BCUT2D eigenvalue weighted by molar-refractivity contribution is 0.254. The predicted octanol–water partition coefficient (Wildman–Crippen LogP) is 2.83. The maximum Gasteiger partial charge on any atom is 0.0528 e. The first kappa shape index (κ1) is 9.72. The zero-order chi connectivity index (χ0) is 10.2. The van der Waals surface area contributed by atoms with E-state index < -0.39 is 0 Å². The summed E-state index contributed by atoms with van der Waals surface area (Å²) in [5, 5.41) is 9.42. The first-order valence-corrected chi connectivity index (χ1v) is 5.40. The molecule has 1 aliphatic carbocycles. The van der Waals surface area contributed by atoms with Crippen LogP contribution in [-0.4, -0.2) is 11.7 Å². The van der Waals surface area contributed by atoms with E-state index in [1.807, 2.05) is 0 Å². The Hall–Kier alpha value is -0.820. The molecule has 0 bridgehead atoms. The van der Waals surface area contributed by atoms with Crippen molar-refractivity contribution in [2.45, 2.75) is 38.0 Å². The van der Waals surface area contributed by atoms with Gasteiger partial charge in [-0.2, -0.15) is 0 Å². The largest absolute Gasteiger partial charge is 0.395 e. The van der Waals surface area contributed by atoms with Gasteiger partial charge in [-0.1, -0.05) is 38.1 Å². The van der Waals surface area contributed by atoms with Crippen LogP contribution in [0.3, 0.4) is 0 Å². The van der Waals surface area contributed by atoms with Crippen molar-refractivity contribution in [3.8, 4) is 0 Å². The summed E-state index contributed by atoms with van der Waals surface area (Å²) in [5.74, 6) is 0.551. The van der Waals surface area contributed by atoms with Crippen molar-refractivity contribution < 1.29 is 5.11 Å². The number of aliphatic hydroxyl groups is 1. The Morgan fingerprint density at radius 3 is 2.43 bits per heavy atom. The fourth-order valence-electron chi connectivity index (χ4n) is 2.15. The van der Waals surface area contributed by atoms with Crippen LogP contribution in [0.25, 0.3) is 0 Å². The van der Waals surface area contributed by atoms with Gasteiger partial charge in [-0.15, -0.1) is 0 Å². The summed E-state index contributed by atoms with van der Waals surface area (Å²) in [6.07, 6.45) is 2.29. The minimum Gasteiger partial charge on any atom is -0.395 e. The Morgan fingerprint density at radius 2 is 1.93 bits per heavy atom. The maximum absolute atomic E-state index is 9.42. The van der Waals surface area contributed by atoms with E-state index in [0.717, 1.165) is 12.8 Å². The fourth-order valence-corrected chi connectivity index (χ4v) is 2.15. The second-order valence-corrected chi connectivity index (χ2v) is 4.68. The summed E-state index contributed by atoms with van der Waals surface area (Å²) in [5.41, 5.74) is 2.89. The summed E-state index contributed by atoms with van der Waals surface area (Å²) in [4.78, 5) is 0. The van der Waals surface area contributed by atoms with E-state index in [0.29, 0.717) is 12.5 Å². The summed E-state index contributed by atoms with van der Waals surface area (Å²) in [6, 6.07) is 8.54. The molecule has 0 aromatic heterocycles. The van der Waals surface area contributed by atoms with E-state index >= 15 is 0 Å². The summed E-state index contributed by atoms with van der Waals surface area (Å²) in [7, 11) is 0. The Morgan fingerprint density at radius 1 is 1.29 bits per heavy atom. The minimum absolute atomic E-state index is 0.112. The zero-order valence-electron chi connectivity index (χ0n) is 8.96. The highest BCUT2D eigenvalue weighted by atomic mass is 16.3. The van der Waals surface area contributed by atoms with E-state index in [9.17, 15) is 5.11 Å². The number of hydrogen-bond acceptors (Lipinski definition) is 1. The van der Waals surface area contributed by atoms with Crippen molar-refractivity contribution in [2.75, 3.05) is 6.61 Å². The van der Waals surface area contributed by atoms with Crippen LogP contribution < -0.4 is 0 Å². The molecule has 0 unspecified atom stereocenters. The van der Waals surface area contributed by atoms with Crippen molar-refractivity contribution in [3.05, 3.63) is 35.4 Å². The second kappa shape index (κ2) is 3.39. The van der Waals surface area contributed by atoms with Gasteiger partial charge >= 0.3 is 0 Å². The van der Waals surface area contributed by atoms with Gasteiger partial charge in [0.15, 0.2) is 0 Å². The molecule has 0 radical (unpaired) electrons. The normalized spacial score (nSPS) is 18.6. The van der Waals surface area contributed by atoms with Crippen LogP contribution in [0.15, 0.2) is 24.3 Å². The van der Waals surface area contributed by atoms with Gasteiger partial charge < -0.3 is 5.11 Å². The molecule has 1 aliphatic rings. The molecule has 2 rings (SSSR count). The van der Waals surface area contributed by atoms with Crippen molar-refractivity contribution >= 4 is 0 Å². The Balaban J connectivity index is 2.42. The Labute approximate surface area is 85.8 Å². The lowest BCUT2D eigenvalue weighted by Crippen LogP contribution is -2.14.